The summed E-state index contributed by atoms with van der Waals surface area (Å²) < 4.78 is 12.9. The van der Waals surface area contributed by atoms with Crippen molar-refractivity contribution >= 4 is 16.9 Å². The third-order valence-electron chi connectivity index (χ3n) is 4.08. The number of fused-ring (bicyclic) bond motifs is 3. The average molecular weight is 311 g/mol. The minimum Gasteiger partial charge on any atom is -0.467 e. The largest absolute Gasteiger partial charge is 0.467 e. The Bertz CT molecular complexity index is 851. The zero-order chi connectivity index (χ0) is 15.8. The van der Waals surface area contributed by atoms with Crippen molar-refractivity contribution in [3.63, 3.8) is 0 Å². The van der Waals surface area contributed by atoms with Gasteiger partial charge in [-0.25, -0.2) is 4.98 Å². The summed E-state index contributed by atoms with van der Waals surface area (Å²) in [5, 5.41) is 0. The number of carbonyl (C=O) groups is 1. The first-order valence-electron chi connectivity index (χ1n) is 7.57. The molecule has 0 N–H and O–H groups in total. The van der Waals surface area contributed by atoms with Gasteiger partial charge >= 0.3 is 0 Å². The molecule has 23 heavy (non-hydrogen) atoms. The van der Waals surface area contributed by atoms with Crippen LogP contribution in [-0.2, 0) is 24.4 Å². The summed E-state index contributed by atoms with van der Waals surface area (Å²) in [4.78, 5) is 18.8. The molecule has 3 aromatic rings. The van der Waals surface area contributed by atoms with Crippen molar-refractivity contribution in [1.82, 2.24) is 14.5 Å². The van der Waals surface area contributed by atoms with Crippen LogP contribution in [0.2, 0.25) is 0 Å². The second kappa shape index (κ2) is 5.55. The molecule has 0 atom stereocenters. The molecule has 6 heteroatoms. The van der Waals surface area contributed by atoms with Crippen molar-refractivity contribution in [2.75, 3.05) is 13.7 Å². The number of hydrogen-bond acceptors (Lipinski definition) is 4. The molecule has 4 rings (SSSR count). The number of aromatic nitrogens is 2. The van der Waals surface area contributed by atoms with E-state index in [1.165, 1.54) is 0 Å². The van der Waals surface area contributed by atoms with Crippen LogP contribution >= 0.6 is 0 Å². The predicted molar refractivity (Wildman–Crippen MR) is 83.9 cm³/mol. The van der Waals surface area contributed by atoms with Gasteiger partial charge in [0.1, 0.15) is 18.2 Å². The van der Waals surface area contributed by atoms with Gasteiger partial charge in [0.25, 0.3) is 5.91 Å². The second-order valence-corrected chi connectivity index (χ2v) is 5.68. The molecule has 0 radical (unpaired) electrons. The van der Waals surface area contributed by atoms with Gasteiger partial charge < -0.3 is 18.6 Å². The predicted octanol–water partition coefficient (Wildman–Crippen LogP) is 2.43. The highest BCUT2D eigenvalue weighted by Crippen LogP contribution is 2.21. The summed E-state index contributed by atoms with van der Waals surface area (Å²) in [6.07, 6.45) is 1.61. The molecule has 0 unspecified atom stereocenters. The van der Waals surface area contributed by atoms with Gasteiger partial charge in [-0.05, 0) is 30.3 Å². The van der Waals surface area contributed by atoms with Crippen LogP contribution in [0.5, 0.6) is 0 Å². The number of amides is 1. The molecular formula is C17H17N3O3. The first-order valence-corrected chi connectivity index (χ1v) is 7.57. The Labute approximate surface area is 133 Å². The van der Waals surface area contributed by atoms with E-state index in [2.05, 4.69) is 9.55 Å². The van der Waals surface area contributed by atoms with E-state index in [0.29, 0.717) is 25.3 Å². The molecule has 1 aliphatic rings. The smallest absolute Gasteiger partial charge is 0.254 e. The SMILES string of the molecule is CN(Cc1ccco1)C(=O)c1ccc2c(c1)nc1n2CCOC1. The molecule has 0 saturated heterocycles. The van der Waals surface area contributed by atoms with Gasteiger partial charge in [-0.15, -0.1) is 0 Å². The molecule has 0 saturated carbocycles. The number of ether oxygens (including phenoxy) is 1. The Balaban J connectivity index is 1.62. The number of benzene rings is 1. The van der Waals surface area contributed by atoms with Gasteiger partial charge in [0, 0.05) is 19.2 Å². The van der Waals surface area contributed by atoms with Crippen molar-refractivity contribution in [2.45, 2.75) is 19.7 Å². The van der Waals surface area contributed by atoms with Crippen LogP contribution in [-0.4, -0.2) is 34.0 Å². The molecule has 3 heterocycles. The van der Waals surface area contributed by atoms with Gasteiger partial charge in [0.2, 0.25) is 0 Å². The van der Waals surface area contributed by atoms with Crippen LogP contribution in [0.3, 0.4) is 0 Å². The highest BCUT2D eigenvalue weighted by Gasteiger charge is 2.18. The first kappa shape index (κ1) is 14.0. The molecule has 1 aliphatic heterocycles. The molecule has 6 nitrogen and oxygen atoms in total. The lowest BCUT2D eigenvalue weighted by Crippen LogP contribution is -2.25. The molecular weight excluding hydrogens is 294 g/mol. The van der Waals surface area contributed by atoms with Gasteiger partial charge in [0.15, 0.2) is 0 Å². The summed E-state index contributed by atoms with van der Waals surface area (Å²) in [5.41, 5.74) is 2.51. The van der Waals surface area contributed by atoms with E-state index in [4.69, 9.17) is 9.15 Å². The van der Waals surface area contributed by atoms with Crippen LogP contribution in [0, 0.1) is 0 Å². The highest BCUT2D eigenvalue weighted by molar-refractivity contribution is 5.97. The number of hydrogen-bond donors (Lipinski definition) is 0. The lowest BCUT2D eigenvalue weighted by atomic mass is 10.1. The standard InChI is InChI=1S/C17H17N3O3/c1-19(10-13-3-2-7-23-13)17(21)12-4-5-15-14(9-12)18-16-11-22-8-6-20(15)16/h2-5,7,9H,6,8,10-11H2,1H3. The Kier molecular flexibility index (Phi) is 3.38. The zero-order valence-electron chi connectivity index (χ0n) is 12.9. The molecule has 118 valence electrons. The minimum absolute atomic E-state index is 0.0504. The van der Waals surface area contributed by atoms with Crippen LogP contribution < -0.4 is 0 Å². The molecule has 0 fully saturated rings. The van der Waals surface area contributed by atoms with Crippen molar-refractivity contribution in [2.24, 2.45) is 0 Å². The number of nitrogens with zero attached hydrogens (tertiary/aromatic N) is 3. The lowest BCUT2D eigenvalue weighted by Gasteiger charge is -2.16. The van der Waals surface area contributed by atoms with Crippen molar-refractivity contribution in [1.29, 1.82) is 0 Å². The molecule has 0 bridgehead atoms. The normalized spacial score (nSPS) is 14.0. The van der Waals surface area contributed by atoms with Crippen LogP contribution in [0.15, 0.2) is 41.0 Å². The zero-order valence-corrected chi connectivity index (χ0v) is 12.9. The minimum atomic E-state index is -0.0504. The fourth-order valence-corrected chi connectivity index (χ4v) is 2.92. The number of imidazole rings is 1. The molecule has 0 spiro atoms. The maximum Gasteiger partial charge on any atom is 0.254 e. The summed E-state index contributed by atoms with van der Waals surface area (Å²) in [5.74, 6) is 1.63. The van der Waals surface area contributed by atoms with Gasteiger partial charge in [0.05, 0.1) is 30.4 Å². The van der Waals surface area contributed by atoms with Crippen molar-refractivity contribution < 1.29 is 13.9 Å². The third kappa shape index (κ3) is 2.51. The summed E-state index contributed by atoms with van der Waals surface area (Å²) in [6.45, 7) is 2.47. The number of furan rings is 1. The summed E-state index contributed by atoms with van der Waals surface area (Å²) >= 11 is 0. The van der Waals surface area contributed by atoms with E-state index in [-0.39, 0.29) is 5.91 Å². The van der Waals surface area contributed by atoms with E-state index in [0.717, 1.165) is 29.2 Å². The third-order valence-corrected chi connectivity index (χ3v) is 4.08. The maximum absolute atomic E-state index is 12.6. The number of rotatable bonds is 3. The van der Waals surface area contributed by atoms with Crippen LogP contribution in [0.1, 0.15) is 21.9 Å². The first-order chi connectivity index (χ1) is 11.2. The Morgan fingerprint density at radius 2 is 2.30 bits per heavy atom. The van der Waals surface area contributed by atoms with Gasteiger partial charge in [-0.2, -0.15) is 0 Å². The van der Waals surface area contributed by atoms with Crippen LogP contribution in [0.4, 0.5) is 0 Å². The maximum atomic E-state index is 12.6. The fraction of sp³-hybridized carbons (Fsp3) is 0.294. The average Bonchev–Trinajstić information content (AvgIpc) is 3.20. The molecule has 1 amide bonds. The van der Waals surface area contributed by atoms with Gasteiger partial charge in [-0.1, -0.05) is 0 Å². The van der Waals surface area contributed by atoms with E-state index in [1.807, 2.05) is 30.3 Å². The number of carbonyl (C=O) groups excluding carboxylic acids is 1. The fourth-order valence-electron chi connectivity index (χ4n) is 2.92. The monoisotopic (exact) mass is 311 g/mol. The molecule has 0 aliphatic carbocycles. The van der Waals surface area contributed by atoms with E-state index < -0.39 is 0 Å². The Hall–Kier alpha value is -2.60. The van der Waals surface area contributed by atoms with Crippen molar-refractivity contribution in [3.05, 3.63) is 53.7 Å². The van der Waals surface area contributed by atoms with E-state index >= 15 is 0 Å². The second-order valence-electron chi connectivity index (χ2n) is 5.68. The Morgan fingerprint density at radius 3 is 3.13 bits per heavy atom. The molecule has 1 aromatic carbocycles. The van der Waals surface area contributed by atoms with Crippen LogP contribution in [0.25, 0.3) is 11.0 Å². The highest BCUT2D eigenvalue weighted by atomic mass is 16.5. The van der Waals surface area contributed by atoms with E-state index in [9.17, 15) is 4.79 Å². The summed E-state index contributed by atoms with van der Waals surface area (Å²) in [6, 6.07) is 9.34. The quantitative estimate of drug-likeness (QED) is 0.745. The lowest BCUT2D eigenvalue weighted by molar-refractivity contribution is 0.0775. The van der Waals surface area contributed by atoms with E-state index in [1.54, 1.807) is 18.2 Å². The topological polar surface area (TPSA) is 60.5 Å². The van der Waals surface area contributed by atoms with Crippen molar-refractivity contribution in [3.8, 4) is 0 Å². The Morgan fingerprint density at radius 1 is 1.39 bits per heavy atom. The molecule has 2 aromatic heterocycles. The summed E-state index contributed by atoms with van der Waals surface area (Å²) in [7, 11) is 1.76. The van der Waals surface area contributed by atoms with Gasteiger partial charge in [-0.3, -0.25) is 4.79 Å².